The highest BCUT2D eigenvalue weighted by atomic mass is 35.5. The second-order valence-corrected chi connectivity index (χ2v) is 6.31. The number of aryl methyl sites for hydroxylation is 1. The highest BCUT2D eigenvalue weighted by Gasteiger charge is 2.22. The number of halogens is 4. The number of nitrogens with one attached hydrogen (secondary N) is 2. The lowest BCUT2D eigenvalue weighted by atomic mass is 10.2. The lowest BCUT2D eigenvalue weighted by Crippen LogP contribution is -2.33. The summed E-state index contributed by atoms with van der Waals surface area (Å²) in [5, 5.41) is 8.66. The Kier molecular flexibility index (Phi) is 5.88. The van der Waals surface area contributed by atoms with E-state index < -0.39 is 41.5 Å². The van der Waals surface area contributed by atoms with Crippen LogP contribution in [-0.2, 0) is 4.79 Å². The fraction of sp³-hybridized carbons (Fsp3) is 0.105. The summed E-state index contributed by atoms with van der Waals surface area (Å²) < 4.78 is 41.1. The number of anilines is 1. The quantitative estimate of drug-likeness (QED) is 0.617. The van der Waals surface area contributed by atoms with Crippen LogP contribution in [0.3, 0.4) is 0 Å². The molecule has 0 radical (unpaired) electrons. The summed E-state index contributed by atoms with van der Waals surface area (Å²) in [7, 11) is 0. The third-order valence-electron chi connectivity index (χ3n) is 3.95. The van der Waals surface area contributed by atoms with Gasteiger partial charge in [0.15, 0.2) is 17.5 Å². The van der Waals surface area contributed by atoms with Crippen molar-refractivity contribution in [3.63, 3.8) is 0 Å². The molecule has 2 N–H and O–H groups in total. The number of carbonyl (C=O) groups is 2. The molecule has 150 valence electrons. The SMILES string of the molecule is Cc1nn(-c2ccccc2)c(Cl)c1C(=O)NCC(=O)Nc1ccc(F)c(F)c1F. The van der Waals surface area contributed by atoms with Gasteiger partial charge < -0.3 is 10.6 Å². The van der Waals surface area contributed by atoms with Crippen LogP contribution >= 0.6 is 11.6 Å². The van der Waals surface area contributed by atoms with Crippen molar-refractivity contribution in [2.24, 2.45) is 0 Å². The predicted octanol–water partition coefficient (Wildman–Crippen LogP) is 3.62. The van der Waals surface area contributed by atoms with E-state index in [1.54, 1.807) is 31.2 Å². The van der Waals surface area contributed by atoms with Gasteiger partial charge >= 0.3 is 0 Å². The monoisotopic (exact) mass is 422 g/mol. The zero-order chi connectivity index (χ0) is 21.1. The van der Waals surface area contributed by atoms with Crippen LogP contribution < -0.4 is 10.6 Å². The van der Waals surface area contributed by atoms with E-state index >= 15 is 0 Å². The molecule has 0 spiro atoms. The maximum Gasteiger partial charge on any atom is 0.256 e. The third kappa shape index (κ3) is 4.24. The van der Waals surface area contributed by atoms with Crippen LogP contribution in [0.15, 0.2) is 42.5 Å². The van der Waals surface area contributed by atoms with E-state index in [1.165, 1.54) is 4.68 Å². The minimum Gasteiger partial charge on any atom is -0.343 e. The Morgan fingerprint density at radius 3 is 2.45 bits per heavy atom. The molecule has 10 heteroatoms. The molecule has 0 aliphatic heterocycles. The van der Waals surface area contributed by atoms with Crippen molar-refractivity contribution in [1.82, 2.24) is 15.1 Å². The van der Waals surface area contributed by atoms with Gasteiger partial charge in [-0.3, -0.25) is 9.59 Å². The van der Waals surface area contributed by atoms with Crippen molar-refractivity contribution >= 4 is 29.1 Å². The number of hydrogen-bond acceptors (Lipinski definition) is 3. The Hall–Kier alpha value is -3.33. The van der Waals surface area contributed by atoms with E-state index in [9.17, 15) is 22.8 Å². The molecule has 3 aromatic rings. The Morgan fingerprint density at radius 1 is 1.07 bits per heavy atom. The molecule has 0 fully saturated rings. The molecule has 0 atom stereocenters. The van der Waals surface area contributed by atoms with Crippen molar-refractivity contribution in [1.29, 1.82) is 0 Å². The molecule has 29 heavy (non-hydrogen) atoms. The van der Waals surface area contributed by atoms with E-state index in [1.807, 2.05) is 6.07 Å². The average molecular weight is 423 g/mol. The van der Waals surface area contributed by atoms with Gasteiger partial charge in [-0.05, 0) is 31.2 Å². The molecule has 0 aliphatic carbocycles. The molecule has 2 aromatic carbocycles. The largest absolute Gasteiger partial charge is 0.343 e. The van der Waals surface area contributed by atoms with Gasteiger partial charge in [-0.15, -0.1) is 0 Å². The first-order valence-electron chi connectivity index (χ1n) is 8.31. The molecule has 0 saturated heterocycles. The Morgan fingerprint density at radius 2 is 1.76 bits per heavy atom. The minimum atomic E-state index is -1.71. The summed E-state index contributed by atoms with van der Waals surface area (Å²) in [6, 6.07) is 10.4. The van der Waals surface area contributed by atoms with Crippen LogP contribution in [0.1, 0.15) is 16.1 Å². The smallest absolute Gasteiger partial charge is 0.256 e. The lowest BCUT2D eigenvalue weighted by Gasteiger charge is -2.08. The van der Waals surface area contributed by atoms with Gasteiger partial charge in [-0.25, -0.2) is 17.9 Å². The summed E-state index contributed by atoms with van der Waals surface area (Å²) in [6.45, 7) is 1.03. The fourth-order valence-corrected chi connectivity index (χ4v) is 2.92. The maximum atomic E-state index is 13.6. The highest BCUT2D eigenvalue weighted by Crippen LogP contribution is 2.23. The number of benzene rings is 2. The molecule has 2 amide bonds. The number of amides is 2. The van der Waals surface area contributed by atoms with Crippen LogP contribution in [0.25, 0.3) is 5.69 Å². The lowest BCUT2D eigenvalue weighted by molar-refractivity contribution is -0.115. The van der Waals surface area contributed by atoms with Crippen molar-refractivity contribution in [2.75, 3.05) is 11.9 Å². The number of hydrogen-bond donors (Lipinski definition) is 2. The molecule has 0 saturated carbocycles. The zero-order valence-electron chi connectivity index (χ0n) is 15.0. The molecule has 3 rings (SSSR count). The second kappa shape index (κ2) is 8.36. The Labute approximate surface area is 168 Å². The van der Waals surface area contributed by atoms with Gasteiger partial charge in [-0.2, -0.15) is 5.10 Å². The average Bonchev–Trinajstić information content (AvgIpc) is 3.01. The Bertz CT molecular complexity index is 1090. The first-order chi connectivity index (χ1) is 13.8. The van der Waals surface area contributed by atoms with Gasteiger partial charge in [0.05, 0.1) is 29.2 Å². The topological polar surface area (TPSA) is 76.0 Å². The van der Waals surface area contributed by atoms with Gasteiger partial charge in [0.25, 0.3) is 5.91 Å². The van der Waals surface area contributed by atoms with Gasteiger partial charge in [0.2, 0.25) is 5.91 Å². The zero-order valence-corrected chi connectivity index (χ0v) is 15.7. The van der Waals surface area contributed by atoms with E-state index in [2.05, 4.69) is 15.7 Å². The van der Waals surface area contributed by atoms with E-state index in [-0.39, 0.29) is 10.7 Å². The van der Waals surface area contributed by atoms with Crippen LogP contribution in [-0.4, -0.2) is 28.1 Å². The van der Waals surface area contributed by atoms with Crippen molar-refractivity contribution in [3.05, 3.63) is 76.3 Å². The summed E-state index contributed by atoms with van der Waals surface area (Å²) >= 11 is 6.27. The number of nitrogens with zero attached hydrogens (tertiary/aromatic N) is 2. The fourth-order valence-electron chi connectivity index (χ4n) is 2.56. The maximum absolute atomic E-state index is 13.6. The number of aromatic nitrogens is 2. The Balaban J connectivity index is 1.69. The van der Waals surface area contributed by atoms with E-state index in [4.69, 9.17) is 11.6 Å². The molecular formula is C19H14ClF3N4O2. The van der Waals surface area contributed by atoms with Gasteiger partial charge in [0.1, 0.15) is 5.15 Å². The first-order valence-corrected chi connectivity index (χ1v) is 8.69. The predicted molar refractivity (Wildman–Crippen MR) is 101 cm³/mol. The van der Waals surface area contributed by atoms with Crippen molar-refractivity contribution < 1.29 is 22.8 Å². The van der Waals surface area contributed by atoms with Crippen molar-refractivity contribution in [2.45, 2.75) is 6.92 Å². The summed E-state index contributed by atoms with van der Waals surface area (Å²) in [5.41, 5.74) is 0.506. The van der Waals surface area contributed by atoms with Crippen LogP contribution in [0.2, 0.25) is 5.15 Å². The van der Waals surface area contributed by atoms with Crippen LogP contribution in [0.5, 0.6) is 0 Å². The molecule has 0 unspecified atom stereocenters. The molecule has 0 aliphatic rings. The third-order valence-corrected chi connectivity index (χ3v) is 4.30. The van der Waals surface area contributed by atoms with Crippen LogP contribution in [0.4, 0.5) is 18.9 Å². The first kappa shape index (κ1) is 20.4. The normalized spacial score (nSPS) is 10.7. The second-order valence-electron chi connectivity index (χ2n) is 5.95. The van der Waals surface area contributed by atoms with E-state index in [0.717, 1.165) is 6.07 Å². The molecular weight excluding hydrogens is 409 g/mol. The number of para-hydroxylation sites is 1. The standard InChI is InChI=1S/C19H14ClF3N4O2/c1-10-15(18(20)27(26-10)11-5-3-2-4-6-11)19(29)24-9-14(28)25-13-8-7-12(21)16(22)17(13)23/h2-8H,9H2,1H3,(H,24,29)(H,25,28). The number of rotatable bonds is 5. The highest BCUT2D eigenvalue weighted by molar-refractivity contribution is 6.33. The minimum absolute atomic E-state index is 0.0539. The van der Waals surface area contributed by atoms with E-state index in [0.29, 0.717) is 17.4 Å². The van der Waals surface area contributed by atoms with Crippen molar-refractivity contribution in [3.8, 4) is 5.69 Å². The summed E-state index contributed by atoms with van der Waals surface area (Å²) in [6.07, 6.45) is 0. The molecule has 1 heterocycles. The molecule has 1 aromatic heterocycles. The summed E-state index contributed by atoms with van der Waals surface area (Å²) in [5.74, 6) is -6.13. The molecule has 0 bridgehead atoms. The van der Waals surface area contributed by atoms with Gasteiger partial charge in [-0.1, -0.05) is 29.8 Å². The van der Waals surface area contributed by atoms with Crippen LogP contribution in [0, 0.1) is 24.4 Å². The number of carbonyl (C=O) groups excluding carboxylic acids is 2. The van der Waals surface area contributed by atoms with Gasteiger partial charge in [0, 0.05) is 0 Å². The summed E-state index contributed by atoms with van der Waals surface area (Å²) in [4.78, 5) is 24.4. The molecule has 6 nitrogen and oxygen atoms in total.